The normalized spacial score (nSPS) is 15.0. The lowest BCUT2D eigenvalue weighted by Crippen LogP contribution is -3.15. The first-order valence-electron chi connectivity index (χ1n) is 10.4. The van der Waals surface area contributed by atoms with Crippen LogP contribution < -0.4 is 15.1 Å². The molecule has 1 aromatic heterocycles. The van der Waals surface area contributed by atoms with Gasteiger partial charge in [0.25, 0.3) is 0 Å². The van der Waals surface area contributed by atoms with Crippen molar-refractivity contribution in [2.75, 3.05) is 44.2 Å². The molecular weight excluding hydrogens is 380 g/mol. The van der Waals surface area contributed by atoms with E-state index in [0.29, 0.717) is 6.42 Å². The largest absolute Gasteiger partial charge is 0.350 e. The van der Waals surface area contributed by atoms with Gasteiger partial charge in [-0.05, 0) is 36.6 Å². The Morgan fingerprint density at radius 3 is 2.66 bits per heavy atom. The number of fused-ring (bicyclic) bond motifs is 1. The second-order valence-corrected chi connectivity index (χ2v) is 8.86. The van der Waals surface area contributed by atoms with E-state index in [-0.39, 0.29) is 5.91 Å². The maximum Gasteiger partial charge on any atom is 0.224 e. The Morgan fingerprint density at radius 1 is 1.14 bits per heavy atom. The zero-order chi connectivity index (χ0) is 20.2. The van der Waals surface area contributed by atoms with Gasteiger partial charge in [-0.2, -0.15) is 0 Å². The van der Waals surface area contributed by atoms with Gasteiger partial charge in [-0.1, -0.05) is 47.7 Å². The van der Waals surface area contributed by atoms with Crippen molar-refractivity contribution in [3.63, 3.8) is 0 Å². The number of nitrogens with zero attached hydrogens (tertiary/aromatic N) is 2. The molecule has 5 nitrogen and oxygen atoms in total. The maximum absolute atomic E-state index is 12.1. The van der Waals surface area contributed by atoms with Crippen LogP contribution in [0, 0.1) is 13.8 Å². The van der Waals surface area contributed by atoms with E-state index in [1.54, 1.807) is 16.2 Å². The van der Waals surface area contributed by atoms with Crippen LogP contribution in [-0.4, -0.2) is 50.2 Å². The lowest BCUT2D eigenvalue weighted by atomic mass is 10.1. The van der Waals surface area contributed by atoms with Crippen LogP contribution in [0.4, 0.5) is 5.13 Å². The monoisotopic (exact) mass is 409 g/mol. The summed E-state index contributed by atoms with van der Waals surface area (Å²) in [6.45, 7) is 10.2. The summed E-state index contributed by atoms with van der Waals surface area (Å²) >= 11 is 1.80. The molecule has 1 aliphatic rings. The molecular formula is C23H29N4OS+. The minimum absolute atomic E-state index is 0.106. The number of quaternary nitrogens is 1. The number of benzene rings is 2. The summed E-state index contributed by atoms with van der Waals surface area (Å²) in [5, 5.41) is 4.21. The number of thiazole rings is 1. The average Bonchev–Trinajstić information content (AvgIpc) is 3.17. The molecule has 2 N–H and O–H groups in total. The van der Waals surface area contributed by atoms with Crippen LogP contribution in [0.15, 0.2) is 42.5 Å². The van der Waals surface area contributed by atoms with Crippen LogP contribution in [0.25, 0.3) is 10.2 Å². The molecule has 2 aromatic carbocycles. The van der Waals surface area contributed by atoms with Crippen LogP contribution in [0.3, 0.4) is 0 Å². The molecule has 6 heteroatoms. The molecule has 4 rings (SSSR count). The predicted octanol–water partition coefficient (Wildman–Crippen LogP) is 1.98. The van der Waals surface area contributed by atoms with Gasteiger partial charge in [-0.25, -0.2) is 4.98 Å². The van der Waals surface area contributed by atoms with Crippen molar-refractivity contribution in [2.24, 2.45) is 0 Å². The molecule has 0 spiro atoms. The van der Waals surface area contributed by atoms with Crippen molar-refractivity contribution in [1.29, 1.82) is 0 Å². The van der Waals surface area contributed by atoms with Crippen molar-refractivity contribution in [2.45, 2.75) is 20.3 Å². The van der Waals surface area contributed by atoms with Gasteiger partial charge in [-0.3, -0.25) is 4.79 Å². The third kappa shape index (κ3) is 4.77. The van der Waals surface area contributed by atoms with Gasteiger partial charge >= 0.3 is 0 Å². The first kappa shape index (κ1) is 19.9. The Bertz CT molecular complexity index is 977. The fourth-order valence-corrected chi connectivity index (χ4v) is 4.91. The van der Waals surface area contributed by atoms with Crippen molar-refractivity contribution in [3.05, 3.63) is 59.2 Å². The quantitative estimate of drug-likeness (QED) is 0.655. The predicted molar refractivity (Wildman–Crippen MR) is 120 cm³/mol. The minimum Gasteiger partial charge on any atom is -0.350 e. The van der Waals surface area contributed by atoms with E-state index in [1.807, 2.05) is 30.3 Å². The third-order valence-corrected chi connectivity index (χ3v) is 6.90. The summed E-state index contributed by atoms with van der Waals surface area (Å²) in [5.74, 6) is 0.106. The van der Waals surface area contributed by atoms with E-state index in [0.717, 1.165) is 55.5 Å². The van der Waals surface area contributed by atoms with Crippen LogP contribution in [0.1, 0.15) is 16.7 Å². The van der Waals surface area contributed by atoms with E-state index < -0.39 is 0 Å². The summed E-state index contributed by atoms with van der Waals surface area (Å²) in [6.07, 6.45) is 0.459. The van der Waals surface area contributed by atoms with Gasteiger partial charge in [0.2, 0.25) is 5.91 Å². The highest BCUT2D eigenvalue weighted by Gasteiger charge is 2.22. The summed E-state index contributed by atoms with van der Waals surface area (Å²) in [7, 11) is 0. The van der Waals surface area contributed by atoms with Gasteiger partial charge in [0.05, 0.1) is 55.9 Å². The Balaban J connectivity index is 1.23. The summed E-state index contributed by atoms with van der Waals surface area (Å²) in [6, 6.07) is 14.3. The number of piperazine rings is 1. The van der Waals surface area contributed by atoms with Gasteiger partial charge < -0.3 is 15.1 Å². The Hall–Kier alpha value is -2.44. The Kier molecular flexibility index (Phi) is 6.11. The van der Waals surface area contributed by atoms with E-state index in [9.17, 15) is 4.79 Å². The second-order valence-electron chi connectivity index (χ2n) is 7.85. The molecule has 29 heavy (non-hydrogen) atoms. The SMILES string of the molecule is Cc1ccc2sc(N3CC[NH+](CCNC(=O)Cc4ccccc4)CC3)nc2c1C. The number of anilines is 1. The van der Waals surface area contributed by atoms with Crippen molar-refractivity contribution in [3.8, 4) is 0 Å². The Morgan fingerprint density at radius 2 is 1.90 bits per heavy atom. The van der Waals surface area contributed by atoms with Gasteiger partial charge in [0, 0.05) is 0 Å². The summed E-state index contributed by atoms with van der Waals surface area (Å²) in [5.41, 5.74) is 4.81. The van der Waals surface area contributed by atoms with Crippen LogP contribution in [0.5, 0.6) is 0 Å². The molecule has 0 unspecified atom stereocenters. The zero-order valence-electron chi connectivity index (χ0n) is 17.2. The molecule has 0 bridgehead atoms. The van der Waals surface area contributed by atoms with Crippen LogP contribution in [-0.2, 0) is 11.2 Å². The first-order chi connectivity index (χ1) is 14.1. The highest BCUT2D eigenvalue weighted by Crippen LogP contribution is 2.31. The van der Waals surface area contributed by atoms with E-state index in [1.165, 1.54) is 15.8 Å². The molecule has 3 aromatic rings. The van der Waals surface area contributed by atoms with E-state index in [2.05, 4.69) is 36.2 Å². The van der Waals surface area contributed by atoms with E-state index >= 15 is 0 Å². The minimum atomic E-state index is 0.106. The Labute approximate surface area is 176 Å². The lowest BCUT2D eigenvalue weighted by Gasteiger charge is -2.32. The summed E-state index contributed by atoms with van der Waals surface area (Å²) in [4.78, 5) is 21.0. The lowest BCUT2D eigenvalue weighted by molar-refractivity contribution is -0.899. The molecule has 1 aliphatic heterocycles. The number of nitrogens with one attached hydrogen (secondary N) is 2. The second kappa shape index (κ2) is 8.93. The number of carbonyl (C=O) groups excluding carboxylic acids is 1. The molecule has 1 saturated heterocycles. The molecule has 1 fully saturated rings. The average molecular weight is 410 g/mol. The molecule has 0 radical (unpaired) electrons. The smallest absolute Gasteiger partial charge is 0.224 e. The van der Waals surface area contributed by atoms with Crippen molar-refractivity contribution >= 4 is 32.6 Å². The van der Waals surface area contributed by atoms with Gasteiger partial charge in [0.1, 0.15) is 0 Å². The van der Waals surface area contributed by atoms with Crippen molar-refractivity contribution in [1.82, 2.24) is 10.3 Å². The molecule has 0 aliphatic carbocycles. The third-order valence-electron chi connectivity index (χ3n) is 5.82. The summed E-state index contributed by atoms with van der Waals surface area (Å²) < 4.78 is 1.28. The molecule has 0 saturated carbocycles. The topological polar surface area (TPSA) is 49.7 Å². The fourth-order valence-electron chi connectivity index (χ4n) is 3.84. The van der Waals surface area contributed by atoms with E-state index in [4.69, 9.17) is 4.98 Å². The number of aromatic nitrogens is 1. The molecule has 0 atom stereocenters. The zero-order valence-corrected chi connectivity index (χ0v) is 18.0. The fraction of sp³-hybridized carbons (Fsp3) is 0.391. The molecule has 152 valence electrons. The van der Waals surface area contributed by atoms with Crippen LogP contribution in [0.2, 0.25) is 0 Å². The maximum atomic E-state index is 12.1. The standard InChI is InChI=1S/C23H28N4OS/c1-17-8-9-20-22(18(17)2)25-23(29-20)27-14-12-26(13-15-27)11-10-24-21(28)16-19-6-4-3-5-7-19/h3-9H,10-16H2,1-2H3,(H,24,28)/p+1. The number of rotatable bonds is 6. The van der Waals surface area contributed by atoms with Crippen LogP contribution >= 0.6 is 11.3 Å². The number of aryl methyl sites for hydroxylation is 2. The highest BCUT2D eigenvalue weighted by atomic mass is 32.1. The molecule has 1 amide bonds. The number of amides is 1. The highest BCUT2D eigenvalue weighted by molar-refractivity contribution is 7.22. The first-order valence-corrected chi connectivity index (χ1v) is 11.2. The molecule has 2 heterocycles. The van der Waals surface area contributed by atoms with Gasteiger partial charge in [-0.15, -0.1) is 0 Å². The number of carbonyl (C=O) groups is 1. The van der Waals surface area contributed by atoms with Crippen molar-refractivity contribution < 1.29 is 9.69 Å². The van der Waals surface area contributed by atoms with Gasteiger partial charge in [0.15, 0.2) is 5.13 Å². The number of hydrogen-bond acceptors (Lipinski definition) is 4. The number of hydrogen-bond donors (Lipinski definition) is 2.